The van der Waals surface area contributed by atoms with Crippen LogP contribution in [0.25, 0.3) is 0 Å². The van der Waals surface area contributed by atoms with Gasteiger partial charge in [-0.25, -0.2) is 4.98 Å². The minimum absolute atomic E-state index is 0.533. The van der Waals surface area contributed by atoms with Gasteiger partial charge in [0.2, 0.25) is 0 Å². The fourth-order valence-electron chi connectivity index (χ4n) is 1.51. The zero-order valence-electron chi connectivity index (χ0n) is 9.75. The predicted octanol–water partition coefficient (Wildman–Crippen LogP) is 2.38. The lowest BCUT2D eigenvalue weighted by molar-refractivity contribution is 0.661. The topological polar surface area (TPSA) is 66.7 Å². The summed E-state index contributed by atoms with van der Waals surface area (Å²) in [7, 11) is 0. The van der Waals surface area contributed by atoms with E-state index in [1.165, 1.54) is 12.8 Å². The van der Waals surface area contributed by atoms with Gasteiger partial charge in [-0.2, -0.15) is 0 Å². The Kier molecular flexibility index (Phi) is 6.03. The molecule has 1 aromatic heterocycles. The lowest BCUT2D eigenvalue weighted by Crippen LogP contribution is -2.05. The van der Waals surface area contributed by atoms with Crippen molar-refractivity contribution >= 4 is 18.0 Å². The van der Waals surface area contributed by atoms with Crippen LogP contribution in [0.2, 0.25) is 0 Å². The van der Waals surface area contributed by atoms with Crippen LogP contribution in [0, 0.1) is 11.7 Å². The SMILES string of the molecule is Cc1cc(NCCCCCCN)nc(=S)[nH]1. The number of aryl methyl sites for hydroxylation is 1. The van der Waals surface area contributed by atoms with Crippen LogP contribution in [0.4, 0.5) is 5.82 Å². The number of rotatable bonds is 7. The highest BCUT2D eigenvalue weighted by Crippen LogP contribution is 2.05. The largest absolute Gasteiger partial charge is 0.370 e. The van der Waals surface area contributed by atoms with Gasteiger partial charge >= 0.3 is 0 Å². The van der Waals surface area contributed by atoms with Gasteiger partial charge in [-0.05, 0) is 44.6 Å². The lowest BCUT2D eigenvalue weighted by Gasteiger charge is -2.05. The quantitative estimate of drug-likeness (QED) is 0.505. The van der Waals surface area contributed by atoms with Gasteiger partial charge < -0.3 is 16.0 Å². The molecule has 0 fully saturated rings. The number of hydrogen-bond acceptors (Lipinski definition) is 4. The number of aromatic nitrogens is 2. The molecule has 0 bridgehead atoms. The number of nitrogens with two attached hydrogens (primary N) is 1. The van der Waals surface area contributed by atoms with E-state index in [1.807, 2.05) is 13.0 Å². The van der Waals surface area contributed by atoms with E-state index < -0.39 is 0 Å². The van der Waals surface area contributed by atoms with Gasteiger partial charge in [-0.1, -0.05) is 12.8 Å². The van der Waals surface area contributed by atoms with Crippen LogP contribution in [0.15, 0.2) is 6.07 Å². The molecule has 4 N–H and O–H groups in total. The Morgan fingerprint density at radius 2 is 2.12 bits per heavy atom. The summed E-state index contributed by atoms with van der Waals surface area (Å²) < 4.78 is 0.533. The summed E-state index contributed by atoms with van der Waals surface area (Å²) in [5, 5.41) is 3.27. The standard InChI is InChI=1S/C11H20N4S/c1-9-8-10(15-11(16)14-9)13-7-5-3-2-4-6-12/h8H,2-7,12H2,1H3,(H2,13,14,15,16). The molecule has 0 radical (unpaired) electrons. The fraction of sp³-hybridized carbons (Fsp3) is 0.636. The second-order valence-corrected chi connectivity index (χ2v) is 4.27. The maximum absolute atomic E-state index is 5.43. The Labute approximate surface area is 102 Å². The molecule has 0 aromatic carbocycles. The number of nitrogens with zero attached hydrogens (tertiary/aromatic N) is 1. The number of nitrogens with one attached hydrogen (secondary N) is 2. The number of unbranched alkanes of at least 4 members (excludes halogenated alkanes) is 3. The van der Waals surface area contributed by atoms with Gasteiger partial charge in [-0.3, -0.25) is 0 Å². The summed E-state index contributed by atoms with van der Waals surface area (Å²) in [6.07, 6.45) is 4.68. The Balaban J connectivity index is 2.24. The van der Waals surface area contributed by atoms with Crippen LogP contribution in [-0.4, -0.2) is 23.1 Å². The van der Waals surface area contributed by atoms with E-state index in [0.717, 1.165) is 37.4 Å². The number of hydrogen-bond donors (Lipinski definition) is 3. The average molecular weight is 240 g/mol. The lowest BCUT2D eigenvalue weighted by atomic mass is 10.2. The van der Waals surface area contributed by atoms with Crippen LogP contribution in [0.5, 0.6) is 0 Å². The van der Waals surface area contributed by atoms with Gasteiger partial charge in [0.25, 0.3) is 0 Å². The van der Waals surface area contributed by atoms with Crippen molar-refractivity contribution in [1.82, 2.24) is 9.97 Å². The molecule has 0 saturated heterocycles. The molecule has 1 rings (SSSR count). The van der Waals surface area contributed by atoms with Gasteiger partial charge in [0.1, 0.15) is 5.82 Å². The molecule has 5 heteroatoms. The van der Waals surface area contributed by atoms with Crippen LogP contribution >= 0.6 is 12.2 Å². The molecule has 0 atom stereocenters. The Hall–Kier alpha value is -0.940. The number of H-pyrrole nitrogens is 1. The summed E-state index contributed by atoms with van der Waals surface area (Å²) >= 11 is 5.00. The van der Waals surface area contributed by atoms with Gasteiger partial charge in [0, 0.05) is 12.2 Å². The molecule has 16 heavy (non-hydrogen) atoms. The summed E-state index contributed by atoms with van der Waals surface area (Å²) in [5.41, 5.74) is 6.46. The van der Waals surface area contributed by atoms with Crippen molar-refractivity contribution in [2.45, 2.75) is 32.6 Å². The van der Waals surface area contributed by atoms with Crippen molar-refractivity contribution in [3.63, 3.8) is 0 Å². The molecule has 4 nitrogen and oxygen atoms in total. The van der Waals surface area contributed by atoms with Crippen molar-refractivity contribution in [2.24, 2.45) is 5.73 Å². The molecule has 0 aliphatic heterocycles. The van der Waals surface area contributed by atoms with Gasteiger partial charge in [0.05, 0.1) is 0 Å². The average Bonchev–Trinajstić information content (AvgIpc) is 2.22. The van der Waals surface area contributed by atoms with E-state index in [9.17, 15) is 0 Å². The zero-order chi connectivity index (χ0) is 11.8. The Morgan fingerprint density at radius 3 is 2.81 bits per heavy atom. The van der Waals surface area contributed by atoms with Crippen LogP contribution in [-0.2, 0) is 0 Å². The molecular weight excluding hydrogens is 220 g/mol. The third-order valence-electron chi connectivity index (χ3n) is 2.32. The molecule has 90 valence electrons. The highest BCUT2D eigenvalue weighted by atomic mass is 32.1. The maximum Gasteiger partial charge on any atom is 0.198 e. The van der Waals surface area contributed by atoms with E-state index in [-0.39, 0.29) is 0 Å². The second-order valence-electron chi connectivity index (χ2n) is 3.88. The minimum Gasteiger partial charge on any atom is -0.370 e. The molecular formula is C11H20N4S. The summed E-state index contributed by atoms with van der Waals surface area (Å²) in [4.78, 5) is 7.17. The molecule has 1 heterocycles. The Bertz CT molecular complexity index is 361. The van der Waals surface area contributed by atoms with Crippen molar-refractivity contribution in [3.05, 3.63) is 16.5 Å². The summed E-state index contributed by atoms with van der Waals surface area (Å²) in [6, 6.07) is 1.97. The van der Waals surface area contributed by atoms with E-state index in [0.29, 0.717) is 4.77 Å². The highest BCUT2D eigenvalue weighted by molar-refractivity contribution is 7.71. The third-order valence-corrected chi connectivity index (χ3v) is 2.51. The number of anilines is 1. The second kappa shape index (κ2) is 7.35. The normalized spacial score (nSPS) is 10.4. The maximum atomic E-state index is 5.43. The van der Waals surface area contributed by atoms with Crippen molar-refractivity contribution in [3.8, 4) is 0 Å². The molecule has 0 unspecified atom stereocenters. The Morgan fingerprint density at radius 1 is 1.38 bits per heavy atom. The van der Waals surface area contributed by atoms with Crippen molar-refractivity contribution < 1.29 is 0 Å². The first-order valence-electron chi connectivity index (χ1n) is 5.74. The first kappa shape index (κ1) is 13.1. The molecule has 1 aromatic rings. The zero-order valence-corrected chi connectivity index (χ0v) is 10.6. The molecule has 0 aliphatic carbocycles. The van der Waals surface area contributed by atoms with Crippen molar-refractivity contribution in [2.75, 3.05) is 18.4 Å². The van der Waals surface area contributed by atoms with E-state index in [2.05, 4.69) is 15.3 Å². The highest BCUT2D eigenvalue weighted by Gasteiger charge is 1.95. The molecule has 0 amide bonds. The number of aromatic amines is 1. The van der Waals surface area contributed by atoms with Gasteiger partial charge in [-0.15, -0.1) is 0 Å². The summed E-state index contributed by atoms with van der Waals surface area (Å²) in [6.45, 7) is 3.71. The van der Waals surface area contributed by atoms with E-state index in [4.69, 9.17) is 18.0 Å². The fourth-order valence-corrected chi connectivity index (χ4v) is 1.77. The monoisotopic (exact) mass is 240 g/mol. The van der Waals surface area contributed by atoms with E-state index >= 15 is 0 Å². The minimum atomic E-state index is 0.533. The first-order valence-corrected chi connectivity index (χ1v) is 6.15. The first-order chi connectivity index (χ1) is 7.72. The van der Waals surface area contributed by atoms with E-state index in [1.54, 1.807) is 0 Å². The van der Waals surface area contributed by atoms with Crippen molar-refractivity contribution in [1.29, 1.82) is 0 Å². The predicted molar refractivity (Wildman–Crippen MR) is 70.2 cm³/mol. The smallest absolute Gasteiger partial charge is 0.198 e. The third kappa shape index (κ3) is 5.23. The molecule has 0 saturated carbocycles. The molecule has 0 spiro atoms. The molecule has 0 aliphatic rings. The van der Waals surface area contributed by atoms with Crippen LogP contribution < -0.4 is 11.1 Å². The summed E-state index contributed by atoms with van der Waals surface area (Å²) in [5.74, 6) is 0.861. The van der Waals surface area contributed by atoms with Gasteiger partial charge in [0.15, 0.2) is 4.77 Å². The van der Waals surface area contributed by atoms with Crippen LogP contribution in [0.3, 0.4) is 0 Å². The van der Waals surface area contributed by atoms with Crippen LogP contribution in [0.1, 0.15) is 31.4 Å².